The minimum Gasteiger partial charge on any atom is -0.274 e. The zero-order valence-electron chi connectivity index (χ0n) is 14.4. The molecule has 0 unspecified atom stereocenters. The molecule has 1 aliphatic heterocycles. The number of imide groups is 1. The summed E-state index contributed by atoms with van der Waals surface area (Å²) in [5.41, 5.74) is 4.89. The number of hydrazine groups is 1. The molecule has 0 radical (unpaired) electrons. The Bertz CT molecular complexity index is 937. The predicted molar refractivity (Wildman–Crippen MR) is 96.7 cm³/mol. The summed E-state index contributed by atoms with van der Waals surface area (Å²) in [5, 5.41) is 0. The van der Waals surface area contributed by atoms with Crippen molar-refractivity contribution in [2.75, 3.05) is 4.90 Å². The lowest BCUT2D eigenvalue weighted by Crippen LogP contribution is -2.48. The first-order valence-corrected chi connectivity index (χ1v) is 9.54. The fraction of sp³-hybridized carbons (Fsp3) is 0.222. The van der Waals surface area contributed by atoms with Crippen molar-refractivity contribution in [3.63, 3.8) is 0 Å². The van der Waals surface area contributed by atoms with Gasteiger partial charge in [0.15, 0.2) is 0 Å². The van der Waals surface area contributed by atoms with Gasteiger partial charge in [-0.1, -0.05) is 35.4 Å². The first kappa shape index (κ1) is 18.2. The van der Waals surface area contributed by atoms with E-state index in [0.717, 1.165) is 16.0 Å². The molecule has 0 bridgehead atoms. The molecule has 1 aliphatic rings. The van der Waals surface area contributed by atoms with Crippen molar-refractivity contribution >= 4 is 27.5 Å². The number of anilines is 1. The maximum atomic E-state index is 12.5. The van der Waals surface area contributed by atoms with E-state index in [1.807, 2.05) is 13.8 Å². The van der Waals surface area contributed by atoms with Crippen LogP contribution in [0.5, 0.6) is 0 Å². The Morgan fingerprint density at radius 3 is 2.04 bits per heavy atom. The lowest BCUT2D eigenvalue weighted by Gasteiger charge is -2.16. The normalized spacial score (nSPS) is 17.8. The highest BCUT2D eigenvalue weighted by Crippen LogP contribution is 2.23. The summed E-state index contributed by atoms with van der Waals surface area (Å²) in [6.07, 6.45) is -0.122. The number of benzene rings is 2. The molecule has 7 nitrogen and oxygen atoms in total. The summed E-state index contributed by atoms with van der Waals surface area (Å²) in [6, 6.07) is 12.3. The number of hydrogen-bond acceptors (Lipinski definition) is 5. The van der Waals surface area contributed by atoms with Crippen LogP contribution < -0.4 is 15.2 Å². The van der Waals surface area contributed by atoms with Gasteiger partial charge in [0.2, 0.25) is 5.91 Å². The van der Waals surface area contributed by atoms with Gasteiger partial charge in [0.1, 0.15) is 6.04 Å². The largest absolute Gasteiger partial charge is 0.274 e. The van der Waals surface area contributed by atoms with Crippen LogP contribution in [0.3, 0.4) is 0 Å². The van der Waals surface area contributed by atoms with Gasteiger partial charge in [0, 0.05) is 0 Å². The average molecular weight is 373 g/mol. The Morgan fingerprint density at radius 2 is 1.46 bits per heavy atom. The molecule has 1 atom stereocenters. The molecule has 8 heteroatoms. The molecule has 0 aromatic heterocycles. The van der Waals surface area contributed by atoms with Gasteiger partial charge in [-0.25, -0.2) is 18.7 Å². The maximum Gasteiger partial charge on any atom is 0.253 e. The molecule has 1 saturated heterocycles. The number of hydrogen-bond donors (Lipinski definition) is 2. The Labute approximate surface area is 152 Å². The van der Waals surface area contributed by atoms with Crippen LogP contribution in [0, 0.1) is 13.8 Å². The van der Waals surface area contributed by atoms with E-state index in [2.05, 4.69) is 10.3 Å². The molecule has 0 spiro atoms. The number of nitrogens with zero attached hydrogens (tertiary/aromatic N) is 1. The van der Waals surface area contributed by atoms with Gasteiger partial charge >= 0.3 is 0 Å². The third-order valence-corrected chi connectivity index (χ3v) is 5.42. The minimum absolute atomic E-state index is 0.0720. The van der Waals surface area contributed by atoms with Gasteiger partial charge in [-0.15, -0.1) is 4.83 Å². The number of carbonyl (C=O) groups is 2. The fourth-order valence-corrected chi connectivity index (χ4v) is 3.54. The van der Waals surface area contributed by atoms with Crippen LogP contribution in [0.2, 0.25) is 0 Å². The fourth-order valence-electron chi connectivity index (χ4n) is 2.63. The van der Waals surface area contributed by atoms with Gasteiger partial charge in [-0.2, -0.15) is 0 Å². The van der Waals surface area contributed by atoms with E-state index in [-0.39, 0.29) is 17.2 Å². The van der Waals surface area contributed by atoms with Crippen LogP contribution in [-0.4, -0.2) is 26.3 Å². The predicted octanol–water partition coefficient (Wildman–Crippen LogP) is 1.42. The highest BCUT2D eigenvalue weighted by Gasteiger charge is 2.40. The van der Waals surface area contributed by atoms with E-state index in [0.29, 0.717) is 5.69 Å². The molecule has 26 heavy (non-hydrogen) atoms. The third-order valence-electron chi connectivity index (χ3n) is 4.14. The maximum absolute atomic E-state index is 12.5. The molecule has 2 N–H and O–H groups in total. The Morgan fingerprint density at radius 1 is 0.923 bits per heavy atom. The van der Waals surface area contributed by atoms with E-state index < -0.39 is 22.0 Å². The van der Waals surface area contributed by atoms with Crippen LogP contribution >= 0.6 is 0 Å². The van der Waals surface area contributed by atoms with E-state index in [1.54, 1.807) is 36.4 Å². The SMILES string of the molecule is Cc1ccc(N2C(=O)C[C@H](NNS(=O)(=O)c3ccc(C)cc3)C2=O)cc1. The van der Waals surface area contributed by atoms with Crippen molar-refractivity contribution in [2.24, 2.45) is 0 Å². The van der Waals surface area contributed by atoms with Crippen molar-refractivity contribution in [1.29, 1.82) is 0 Å². The van der Waals surface area contributed by atoms with Crippen LogP contribution in [0.4, 0.5) is 5.69 Å². The smallest absolute Gasteiger partial charge is 0.253 e. The van der Waals surface area contributed by atoms with Crippen LogP contribution in [0.15, 0.2) is 53.4 Å². The Balaban J connectivity index is 1.71. The van der Waals surface area contributed by atoms with Gasteiger partial charge in [0.25, 0.3) is 15.9 Å². The Kier molecular flexibility index (Phi) is 4.90. The van der Waals surface area contributed by atoms with Gasteiger partial charge in [-0.05, 0) is 38.1 Å². The second-order valence-corrected chi connectivity index (χ2v) is 7.90. The zero-order valence-corrected chi connectivity index (χ0v) is 15.2. The molecule has 136 valence electrons. The van der Waals surface area contributed by atoms with Crippen LogP contribution in [0.1, 0.15) is 17.5 Å². The average Bonchev–Trinajstić information content (AvgIpc) is 2.88. The van der Waals surface area contributed by atoms with Gasteiger partial charge in [-0.3, -0.25) is 9.59 Å². The van der Waals surface area contributed by atoms with Gasteiger partial charge < -0.3 is 0 Å². The summed E-state index contributed by atoms with van der Waals surface area (Å²) in [6.45, 7) is 3.76. The molecule has 3 rings (SSSR count). The van der Waals surface area contributed by atoms with Crippen molar-refractivity contribution in [3.05, 3.63) is 59.7 Å². The number of nitrogens with one attached hydrogen (secondary N) is 2. The van der Waals surface area contributed by atoms with E-state index in [9.17, 15) is 18.0 Å². The summed E-state index contributed by atoms with van der Waals surface area (Å²) >= 11 is 0. The van der Waals surface area contributed by atoms with Crippen molar-refractivity contribution in [3.8, 4) is 0 Å². The quantitative estimate of drug-likeness (QED) is 0.610. The standard InChI is InChI=1S/C18H19N3O4S/c1-12-3-7-14(8-4-12)21-17(22)11-16(18(21)23)19-20-26(24,25)15-9-5-13(2)6-10-15/h3-10,16,19-20H,11H2,1-2H3/t16-/m0/s1. The molecular formula is C18H19N3O4S. The highest BCUT2D eigenvalue weighted by molar-refractivity contribution is 7.89. The van der Waals surface area contributed by atoms with E-state index in [1.165, 1.54) is 12.1 Å². The highest BCUT2D eigenvalue weighted by atomic mass is 32.2. The lowest BCUT2D eigenvalue weighted by atomic mass is 10.2. The summed E-state index contributed by atoms with van der Waals surface area (Å²) < 4.78 is 24.6. The molecule has 0 saturated carbocycles. The number of carbonyl (C=O) groups excluding carboxylic acids is 2. The van der Waals surface area contributed by atoms with E-state index in [4.69, 9.17) is 0 Å². The number of rotatable bonds is 5. The van der Waals surface area contributed by atoms with Crippen molar-refractivity contribution in [2.45, 2.75) is 31.2 Å². The van der Waals surface area contributed by atoms with Crippen LogP contribution in [0.25, 0.3) is 0 Å². The number of aryl methyl sites for hydroxylation is 2. The Hall–Kier alpha value is -2.55. The summed E-state index contributed by atoms with van der Waals surface area (Å²) in [7, 11) is -3.84. The number of sulfonamides is 1. The first-order chi connectivity index (χ1) is 12.3. The third kappa shape index (κ3) is 3.67. The molecular weight excluding hydrogens is 354 g/mol. The first-order valence-electron chi connectivity index (χ1n) is 8.05. The summed E-state index contributed by atoms with van der Waals surface area (Å²) in [4.78, 5) is 28.0. The molecule has 1 heterocycles. The molecule has 2 aromatic carbocycles. The second kappa shape index (κ2) is 6.99. The molecule has 1 fully saturated rings. The van der Waals surface area contributed by atoms with Gasteiger partial charge in [0.05, 0.1) is 17.0 Å². The molecule has 2 aromatic rings. The van der Waals surface area contributed by atoms with E-state index >= 15 is 0 Å². The van der Waals surface area contributed by atoms with Crippen LogP contribution in [-0.2, 0) is 19.6 Å². The molecule has 0 aliphatic carbocycles. The second-order valence-electron chi connectivity index (χ2n) is 6.22. The number of amides is 2. The topological polar surface area (TPSA) is 95.6 Å². The van der Waals surface area contributed by atoms with Crippen molar-refractivity contribution in [1.82, 2.24) is 10.3 Å². The monoisotopic (exact) mass is 373 g/mol. The molecule has 2 amide bonds. The lowest BCUT2D eigenvalue weighted by molar-refractivity contribution is -0.121. The van der Waals surface area contributed by atoms with Crippen molar-refractivity contribution < 1.29 is 18.0 Å². The zero-order chi connectivity index (χ0) is 18.9. The minimum atomic E-state index is -3.84. The summed E-state index contributed by atoms with van der Waals surface area (Å²) in [5.74, 6) is -0.878.